The van der Waals surface area contributed by atoms with Crippen molar-refractivity contribution in [3.05, 3.63) is 22.6 Å². The molecule has 0 aliphatic carbocycles. The van der Waals surface area contributed by atoms with Crippen LogP contribution in [0.5, 0.6) is 0 Å². The van der Waals surface area contributed by atoms with Crippen LogP contribution in [0.25, 0.3) is 0 Å². The average Bonchev–Trinajstić information content (AvgIpc) is 2.34. The maximum Gasteiger partial charge on any atom is 0.260 e. The molecule has 0 amide bonds. The van der Waals surface area contributed by atoms with Crippen LogP contribution in [0.3, 0.4) is 0 Å². The zero-order valence-corrected chi connectivity index (χ0v) is 7.01. The van der Waals surface area contributed by atoms with E-state index in [0.717, 1.165) is 0 Å². The van der Waals surface area contributed by atoms with Crippen molar-refractivity contribution in [2.24, 2.45) is 5.73 Å². The molecule has 0 saturated heterocycles. The molecule has 0 spiro atoms. The quantitative estimate of drug-likeness (QED) is 0.840. The highest BCUT2D eigenvalue weighted by atomic mass is 79.9. The lowest BCUT2D eigenvalue weighted by Gasteiger charge is -2.05. The molecule has 1 atom stereocenters. The topological polar surface area (TPSA) is 39.2 Å². The van der Waals surface area contributed by atoms with Crippen molar-refractivity contribution in [1.29, 1.82) is 0 Å². The first-order chi connectivity index (χ1) is 5.11. The van der Waals surface area contributed by atoms with Gasteiger partial charge in [0, 0.05) is 0 Å². The molecule has 62 valence electrons. The predicted molar refractivity (Wildman–Crippen MR) is 39.3 cm³/mol. The van der Waals surface area contributed by atoms with Crippen molar-refractivity contribution in [3.8, 4) is 0 Å². The van der Waals surface area contributed by atoms with Crippen LogP contribution in [0.2, 0.25) is 0 Å². The summed E-state index contributed by atoms with van der Waals surface area (Å²) in [5, 5.41) is 0. The number of hydrogen-bond acceptors (Lipinski definition) is 2. The summed E-state index contributed by atoms with van der Waals surface area (Å²) in [6.45, 7) is 0. The molecule has 1 aromatic rings. The van der Waals surface area contributed by atoms with Crippen LogP contribution in [0, 0.1) is 0 Å². The second-order valence-electron chi connectivity index (χ2n) is 2.00. The van der Waals surface area contributed by atoms with Gasteiger partial charge in [-0.1, -0.05) is 0 Å². The van der Waals surface area contributed by atoms with E-state index in [4.69, 9.17) is 10.2 Å². The van der Waals surface area contributed by atoms with Gasteiger partial charge in [0.2, 0.25) is 0 Å². The minimum Gasteiger partial charge on any atom is -0.452 e. The van der Waals surface area contributed by atoms with Gasteiger partial charge in [0.05, 0.1) is 0 Å². The Morgan fingerprint density at radius 3 is 2.45 bits per heavy atom. The highest BCUT2D eigenvalue weighted by Crippen LogP contribution is 2.22. The summed E-state index contributed by atoms with van der Waals surface area (Å²) < 4.78 is 29.1. The molecule has 0 bridgehead atoms. The Balaban J connectivity index is 2.76. The monoisotopic (exact) mass is 225 g/mol. The molecule has 0 aromatic carbocycles. The number of halogens is 3. The first-order valence-corrected chi connectivity index (χ1v) is 3.69. The number of hydrogen-bond donors (Lipinski definition) is 1. The van der Waals surface area contributed by atoms with Gasteiger partial charge in [0.25, 0.3) is 6.43 Å². The molecule has 2 N–H and O–H groups in total. The lowest BCUT2D eigenvalue weighted by atomic mass is 10.2. The first kappa shape index (κ1) is 8.67. The van der Waals surface area contributed by atoms with Gasteiger partial charge in [0.1, 0.15) is 11.8 Å². The summed E-state index contributed by atoms with van der Waals surface area (Å²) in [7, 11) is 0. The fourth-order valence-electron chi connectivity index (χ4n) is 0.632. The number of rotatable bonds is 2. The molecule has 0 saturated carbocycles. The molecular formula is C6H6BrF2NO. The van der Waals surface area contributed by atoms with E-state index in [1.54, 1.807) is 0 Å². The molecule has 5 heteroatoms. The third-order valence-electron chi connectivity index (χ3n) is 1.19. The van der Waals surface area contributed by atoms with Gasteiger partial charge < -0.3 is 10.2 Å². The van der Waals surface area contributed by atoms with Crippen molar-refractivity contribution in [2.75, 3.05) is 0 Å². The van der Waals surface area contributed by atoms with Crippen molar-refractivity contribution in [1.82, 2.24) is 0 Å². The molecule has 11 heavy (non-hydrogen) atoms. The second-order valence-corrected chi connectivity index (χ2v) is 2.78. The lowest BCUT2D eigenvalue weighted by molar-refractivity contribution is 0.106. The fourth-order valence-corrected chi connectivity index (χ4v) is 0.951. The number of furan rings is 1. The van der Waals surface area contributed by atoms with Gasteiger partial charge in [0.15, 0.2) is 4.67 Å². The Kier molecular flexibility index (Phi) is 2.62. The molecule has 0 unspecified atom stereocenters. The first-order valence-electron chi connectivity index (χ1n) is 2.90. The molecule has 1 rings (SSSR count). The van der Waals surface area contributed by atoms with Crippen molar-refractivity contribution in [3.63, 3.8) is 0 Å². The highest BCUT2D eigenvalue weighted by Gasteiger charge is 2.20. The standard InChI is InChI=1S/C6H6BrF2NO/c7-4-2-1-3(11-4)5(10)6(8)9/h1-2,5-6H,10H2/t5-/m1/s1. The Morgan fingerprint density at radius 2 is 2.09 bits per heavy atom. The van der Waals surface area contributed by atoms with Gasteiger partial charge in [-0.25, -0.2) is 8.78 Å². The predicted octanol–water partition coefficient (Wildman–Crippen LogP) is 2.31. The molecule has 0 fully saturated rings. The molecule has 2 nitrogen and oxygen atoms in total. The SMILES string of the molecule is N[C@H](c1ccc(Br)o1)C(F)F. The van der Waals surface area contributed by atoms with E-state index in [-0.39, 0.29) is 5.76 Å². The minimum atomic E-state index is -2.59. The van der Waals surface area contributed by atoms with E-state index in [1.165, 1.54) is 12.1 Å². The Hall–Kier alpha value is -0.420. The summed E-state index contributed by atoms with van der Waals surface area (Å²) in [5.41, 5.74) is 5.09. The van der Waals surface area contributed by atoms with E-state index in [1.807, 2.05) is 0 Å². The maximum atomic E-state index is 11.9. The summed E-state index contributed by atoms with van der Waals surface area (Å²) in [4.78, 5) is 0. The molecule has 0 radical (unpaired) electrons. The number of alkyl halides is 2. The largest absolute Gasteiger partial charge is 0.452 e. The van der Waals surface area contributed by atoms with E-state index < -0.39 is 12.5 Å². The summed E-state index contributed by atoms with van der Waals surface area (Å²) in [5.74, 6) is 0.0897. The lowest BCUT2D eigenvalue weighted by Crippen LogP contribution is -2.17. The van der Waals surface area contributed by atoms with Crippen LogP contribution in [0.4, 0.5) is 8.78 Å². The van der Waals surface area contributed by atoms with Crippen LogP contribution in [0.15, 0.2) is 21.2 Å². The van der Waals surface area contributed by atoms with Crippen LogP contribution in [0.1, 0.15) is 11.8 Å². The zero-order chi connectivity index (χ0) is 8.43. The molecule has 1 aromatic heterocycles. The van der Waals surface area contributed by atoms with Crippen LogP contribution in [-0.4, -0.2) is 6.43 Å². The van der Waals surface area contributed by atoms with Crippen molar-refractivity contribution >= 4 is 15.9 Å². The molecule has 0 aliphatic heterocycles. The Labute approximate surface area is 70.5 Å². The van der Waals surface area contributed by atoms with Gasteiger partial charge in [-0.05, 0) is 28.1 Å². The normalized spacial score (nSPS) is 13.9. The van der Waals surface area contributed by atoms with Gasteiger partial charge in [-0.3, -0.25) is 0 Å². The molecular weight excluding hydrogens is 220 g/mol. The van der Waals surface area contributed by atoms with E-state index in [2.05, 4.69) is 15.9 Å². The van der Waals surface area contributed by atoms with Crippen molar-refractivity contribution < 1.29 is 13.2 Å². The summed E-state index contributed by atoms with van der Waals surface area (Å²) in [6.07, 6.45) is -2.59. The Morgan fingerprint density at radius 1 is 1.45 bits per heavy atom. The average molecular weight is 226 g/mol. The van der Waals surface area contributed by atoms with Crippen LogP contribution < -0.4 is 5.73 Å². The summed E-state index contributed by atoms with van der Waals surface area (Å²) >= 11 is 2.98. The van der Waals surface area contributed by atoms with E-state index in [9.17, 15) is 8.78 Å². The van der Waals surface area contributed by atoms with Gasteiger partial charge in [-0.15, -0.1) is 0 Å². The second kappa shape index (κ2) is 3.32. The Bertz CT molecular complexity index is 238. The zero-order valence-electron chi connectivity index (χ0n) is 5.43. The van der Waals surface area contributed by atoms with Gasteiger partial charge >= 0.3 is 0 Å². The number of nitrogens with two attached hydrogens (primary N) is 1. The smallest absolute Gasteiger partial charge is 0.260 e. The highest BCUT2D eigenvalue weighted by molar-refractivity contribution is 9.10. The fraction of sp³-hybridized carbons (Fsp3) is 0.333. The minimum absolute atomic E-state index is 0.0897. The van der Waals surface area contributed by atoms with E-state index >= 15 is 0 Å². The van der Waals surface area contributed by atoms with Gasteiger partial charge in [-0.2, -0.15) is 0 Å². The summed E-state index contributed by atoms with van der Waals surface area (Å²) in [6, 6.07) is 1.61. The third kappa shape index (κ3) is 2.00. The molecule has 1 heterocycles. The van der Waals surface area contributed by atoms with Crippen molar-refractivity contribution in [2.45, 2.75) is 12.5 Å². The van der Waals surface area contributed by atoms with E-state index in [0.29, 0.717) is 4.67 Å². The third-order valence-corrected chi connectivity index (χ3v) is 1.62. The van der Waals surface area contributed by atoms with Crippen LogP contribution in [-0.2, 0) is 0 Å². The van der Waals surface area contributed by atoms with Crippen LogP contribution >= 0.6 is 15.9 Å². The molecule has 0 aliphatic rings. The maximum absolute atomic E-state index is 11.9.